The summed E-state index contributed by atoms with van der Waals surface area (Å²) in [6.07, 6.45) is 0.812. The number of halogens is 1. The number of aromatic nitrogens is 2. The van der Waals surface area contributed by atoms with Gasteiger partial charge in [0.2, 0.25) is 0 Å². The minimum absolute atomic E-state index is 0.206. The molecule has 21 heavy (non-hydrogen) atoms. The monoisotopic (exact) mass is 307 g/mol. The van der Waals surface area contributed by atoms with Gasteiger partial charge in [0.05, 0.1) is 6.61 Å². The smallest absolute Gasteiger partial charge is 0.192 e. The highest BCUT2D eigenvalue weighted by atomic mass is 32.2. The summed E-state index contributed by atoms with van der Waals surface area (Å²) in [5.74, 6) is -0.246. The van der Waals surface area contributed by atoms with E-state index in [2.05, 4.69) is 9.97 Å². The quantitative estimate of drug-likeness (QED) is 0.673. The molecular formula is C15H18FN3OS. The molecule has 1 aromatic carbocycles. The van der Waals surface area contributed by atoms with Crippen LogP contribution in [0.1, 0.15) is 24.7 Å². The number of hydrogen-bond donors (Lipinski definition) is 1. The Bertz CT molecular complexity index is 629. The molecule has 0 atom stereocenters. The van der Waals surface area contributed by atoms with Crippen LogP contribution in [-0.4, -0.2) is 16.6 Å². The summed E-state index contributed by atoms with van der Waals surface area (Å²) < 4.78 is 19.2. The summed E-state index contributed by atoms with van der Waals surface area (Å²) in [5.41, 5.74) is 7.99. The molecular weight excluding hydrogens is 289 g/mol. The number of ether oxygens (including phenoxy) is 1. The SMILES string of the molecule is CCCOc1cc(Sc2nc(C)cc(C)n2)c(N)cc1F. The molecule has 0 spiro atoms. The van der Waals surface area contributed by atoms with E-state index >= 15 is 0 Å². The fourth-order valence-electron chi connectivity index (χ4n) is 1.80. The van der Waals surface area contributed by atoms with Gasteiger partial charge in [-0.2, -0.15) is 0 Å². The standard InChI is InChI=1S/C15H18FN3OS/c1-4-5-20-13-8-14(12(17)7-11(13)16)21-15-18-9(2)6-10(3)19-15/h6-8H,4-5,17H2,1-3H3. The van der Waals surface area contributed by atoms with Gasteiger partial charge < -0.3 is 10.5 Å². The molecule has 0 unspecified atom stereocenters. The van der Waals surface area contributed by atoms with Crippen LogP contribution < -0.4 is 10.5 Å². The summed E-state index contributed by atoms with van der Waals surface area (Å²) in [7, 11) is 0. The average molecular weight is 307 g/mol. The number of aryl methyl sites for hydroxylation is 2. The second-order valence-electron chi connectivity index (χ2n) is 4.70. The van der Waals surface area contributed by atoms with E-state index in [9.17, 15) is 4.39 Å². The minimum atomic E-state index is -0.452. The van der Waals surface area contributed by atoms with Crippen LogP contribution in [0.2, 0.25) is 0 Å². The molecule has 0 aliphatic rings. The minimum Gasteiger partial charge on any atom is -0.490 e. The fourth-order valence-corrected chi connectivity index (χ4v) is 2.72. The number of nitrogens with zero attached hydrogens (tertiary/aromatic N) is 2. The first-order valence-electron chi connectivity index (χ1n) is 6.71. The first kappa shape index (κ1) is 15.6. The molecule has 2 rings (SSSR count). The maximum Gasteiger partial charge on any atom is 0.192 e. The Labute approximate surface area is 127 Å². The first-order chi connectivity index (χ1) is 9.99. The van der Waals surface area contributed by atoms with Crippen molar-refractivity contribution >= 4 is 17.4 Å². The maximum atomic E-state index is 13.8. The Morgan fingerprint density at radius 2 is 1.86 bits per heavy atom. The molecule has 0 saturated heterocycles. The predicted molar refractivity (Wildman–Crippen MR) is 82.2 cm³/mol. The third kappa shape index (κ3) is 4.07. The van der Waals surface area contributed by atoms with E-state index in [0.717, 1.165) is 17.8 Å². The molecule has 0 saturated carbocycles. The van der Waals surface area contributed by atoms with Crippen LogP contribution in [0.4, 0.5) is 10.1 Å². The average Bonchev–Trinajstić information content (AvgIpc) is 2.39. The van der Waals surface area contributed by atoms with Gasteiger partial charge in [0, 0.05) is 28.0 Å². The van der Waals surface area contributed by atoms with Gasteiger partial charge in [0.15, 0.2) is 16.7 Å². The van der Waals surface area contributed by atoms with Crippen molar-refractivity contribution in [2.75, 3.05) is 12.3 Å². The lowest BCUT2D eigenvalue weighted by Gasteiger charge is -2.10. The van der Waals surface area contributed by atoms with Gasteiger partial charge in [-0.1, -0.05) is 6.92 Å². The van der Waals surface area contributed by atoms with Crippen molar-refractivity contribution in [1.29, 1.82) is 0 Å². The van der Waals surface area contributed by atoms with Crippen LogP contribution >= 0.6 is 11.8 Å². The molecule has 1 aromatic heterocycles. The Morgan fingerprint density at radius 1 is 1.19 bits per heavy atom. The van der Waals surface area contributed by atoms with Crippen molar-refractivity contribution in [3.05, 3.63) is 35.4 Å². The molecule has 4 nitrogen and oxygen atoms in total. The zero-order valence-electron chi connectivity index (χ0n) is 12.3. The van der Waals surface area contributed by atoms with Crippen molar-refractivity contribution in [2.24, 2.45) is 0 Å². The van der Waals surface area contributed by atoms with Gasteiger partial charge in [-0.25, -0.2) is 14.4 Å². The van der Waals surface area contributed by atoms with Crippen LogP contribution in [-0.2, 0) is 0 Å². The molecule has 0 bridgehead atoms. The van der Waals surface area contributed by atoms with Crippen molar-refractivity contribution < 1.29 is 9.13 Å². The van der Waals surface area contributed by atoms with Gasteiger partial charge in [-0.05, 0) is 44.2 Å². The van der Waals surface area contributed by atoms with Crippen molar-refractivity contribution in [1.82, 2.24) is 9.97 Å². The van der Waals surface area contributed by atoms with Gasteiger partial charge in [-0.3, -0.25) is 0 Å². The number of benzene rings is 1. The second kappa shape index (κ2) is 6.76. The van der Waals surface area contributed by atoms with E-state index in [1.807, 2.05) is 26.8 Å². The van der Waals surface area contributed by atoms with Crippen LogP contribution in [0.25, 0.3) is 0 Å². The highest BCUT2D eigenvalue weighted by molar-refractivity contribution is 7.99. The number of nitrogen functional groups attached to an aromatic ring is 1. The molecule has 0 fully saturated rings. The van der Waals surface area contributed by atoms with E-state index in [-0.39, 0.29) is 5.75 Å². The lowest BCUT2D eigenvalue weighted by molar-refractivity contribution is 0.300. The fraction of sp³-hybridized carbons (Fsp3) is 0.333. The topological polar surface area (TPSA) is 61.0 Å². The summed E-state index contributed by atoms with van der Waals surface area (Å²) in [5, 5.41) is 0.590. The maximum absolute atomic E-state index is 13.8. The summed E-state index contributed by atoms with van der Waals surface area (Å²) in [6, 6.07) is 4.77. The Hall–Kier alpha value is -1.82. The molecule has 6 heteroatoms. The number of anilines is 1. The molecule has 0 aliphatic heterocycles. The molecule has 0 aliphatic carbocycles. The van der Waals surface area contributed by atoms with Gasteiger partial charge in [-0.15, -0.1) is 0 Å². The Kier molecular flexibility index (Phi) is 5.01. The highest BCUT2D eigenvalue weighted by Crippen LogP contribution is 2.34. The summed E-state index contributed by atoms with van der Waals surface area (Å²) in [4.78, 5) is 9.38. The van der Waals surface area contributed by atoms with Crippen LogP contribution in [0.3, 0.4) is 0 Å². The Morgan fingerprint density at radius 3 is 2.48 bits per heavy atom. The second-order valence-corrected chi connectivity index (χ2v) is 5.71. The highest BCUT2D eigenvalue weighted by Gasteiger charge is 2.12. The van der Waals surface area contributed by atoms with Crippen molar-refractivity contribution in [3.8, 4) is 5.75 Å². The number of rotatable bonds is 5. The lowest BCUT2D eigenvalue weighted by atomic mass is 10.3. The van der Waals surface area contributed by atoms with E-state index in [1.54, 1.807) is 6.07 Å². The molecule has 2 N–H and O–H groups in total. The third-order valence-corrected chi connectivity index (χ3v) is 3.63. The van der Waals surface area contributed by atoms with Gasteiger partial charge >= 0.3 is 0 Å². The summed E-state index contributed by atoms with van der Waals surface area (Å²) in [6.45, 7) is 6.24. The normalized spacial score (nSPS) is 10.7. The van der Waals surface area contributed by atoms with Gasteiger partial charge in [0.1, 0.15) is 0 Å². The molecule has 0 radical (unpaired) electrons. The Balaban J connectivity index is 2.30. The number of nitrogens with two attached hydrogens (primary N) is 1. The van der Waals surface area contributed by atoms with Crippen molar-refractivity contribution in [3.63, 3.8) is 0 Å². The molecule has 2 aromatic rings. The van der Waals surface area contributed by atoms with E-state index in [1.165, 1.54) is 17.8 Å². The zero-order chi connectivity index (χ0) is 15.4. The molecule has 1 heterocycles. The third-order valence-electron chi connectivity index (χ3n) is 2.69. The molecule has 0 amide bonds. The first-order valence-corrected chi connectivity index (χ1v) is 7.53. The van der Waals surface area contributed by atoms with Gasteiger partial charge in [0.25, 0.3) is 0 Å². The van der Waals surface area contributed by atoms with E-state index in [0.29, 0.717) is 22.3 Å². The molecule has 112 valence electrons. The van der Waals surface area contributed by atoms with E-state index < -0.39 is 5.82 Å². The summed E-state index contributed by atoms with van der Waals surface area (Å²) >= 11 is 1.30. The lowest BCUT2D eigenvalue weighted by Crippen LogP contribution is -2.00. The predicted octanol–water partition coefficient (Wildman–Crippen LogP) is 3.75. The van der Waals surface area contributed by atoms with Crippen LogP contribution in [0.5, 0.6) is 5.75 Å². The number of hydrogen-bond acceptors (Lipinski definition) is 5. The zero-order valence-corrected chi connectivity index (χ0v) is 13.1. The van der Waals surface area contributed by atoms with E-state index in [4.69, 9.17) is 10.5 Å². The van der Waals surface area contributed by atoms with Crippen molar-refractivity contribution in [2.45, 2.75) is 37.2 Å². The van der Waals surface area contributed by atoms with Crippen LogP contribution in [0.15, 0.2) is 28.3 Å². The largest absolute Gasteiger partial charge is 0.490 e. The van der Waals surface area contributed by atoms with Crippen LogP contribution in [0, 0.1) is 19.7 Å².